The van der Waals surface area contributed by atoms with E-state index in [0.29, 0.717) is 25.6 Å². The number of benzene rings is 2. The highest BCUT2D eigenvalue weighted by Crippen LogP contribution is 2.40. The Kier molecular flexibility index (Phi) is 4.50. The van der Waals surface area contributed by atoms with Crippen LogP contribution in [0.5, 0.6) is 17.2 Å². The number of nitrogens with one attached hydrogen (secondary N) is 1. The third kappa shape index (κ3) is 3.12. The Labute approximate surface area is 153 Å². The average Bonchev–Trinajstić information content (AvgIpc) is 3.28. The topological polar surface area (TPSA) is 73.9 Å². The standard InChI is InChI=1S/C19H21NO5S/c1-2-23-14-3-5-15(6-4-14)26(21,22)20-12-17-16-8-10-24-18(16)11-13-7-9-25-19(13)17/h3-6,11,20H,2,7-10,12H2,1H3. The van der Waals surface area contributed by atoms with Gasteiger partial charge in [0.2, 0.25) is 10.0 Å². The number of rotatable bonds is 6. The summed E-state index contributed by atoms with van der Waals surface area (Å²) in [6.07, 6.45) is 1.59. The lowest BCUT2D eigenvalue weighted by Crippen LogP contribution is -2.24. The van der Waals surface area contributed by atoms with Crippen LogP contribution in [0.25, 0.3) is 0 Å². The summed E-state index contributed by atoms with van der Waals surface area (Å²) in [6, 6.07) is 8.44. The van der Waals surface area contributed by atoms with E-state index in [-0.39, 0.29) is 11.4 Å². The third-order valence-electron chi connectivity index (χ3n) is 4.64. The predicted octanol–water partition coefficient (Wildman–Crippen LogP) is 2.43. The van der Waals surface area contributed by atoms with Crippen molar-refractivity contribution in [2.75, 3.05) is 19.8 Å². The van der Waals surface area contributed by atoms with E-state index in [1.807, 2.05) is 13.0 Å². The minimum absolute atomic E-state index is 0.185. The highest BCUT2D eigenvalue weighted by molar-refractivity contribution is 7.89. The van der Waals surface area contributed by atoms with Crippen molar-refractivity contribution in [3.05, 3.63) is 47.0 Å². The van der Waals surface area contributed by atoms with Crippen molar-refractivity contribution in [2.24, 2.45) is 0 Å². The van der Waals surface area contributed by atoms with Crippen molar-refractivity contribution < 1.29 is 22.6 Å². The molecule has 1 N–H and O–H groups in total. The molecule has 0 amide bonds. The maximum atomic E-state index is 12.7. The fraction of sp³-hybridized carbons (Fsp3) is 0.368. The fourth-order valence-electron chi connectivity index (χ4n) is 3.40. The lowest BCUT2D eigenvalue weighted by Gasteiger charge is -2.14. The van der Waals surface area contributed by atoms with Crippen LogP contribution in [0, 0.1) is 0 Å². The first kappa shape index (κ1) is 17.2. The van der Waals surface area contributed by atoms with Crippen LogP contribution in [0.15, 0.2) is 35.2 Å². The van der Waals surface area contributed by atoms with Crippen LogP contribution in [0.2, 0.25) is 0 Å². The molecule has 138 valence electrons. The van der Waals surface area contributed by atoms with Crippen molar-refractivity contribution in [1.82, 2.24) is 4.72 Å². The van der Waals surface area contributed by atoms with E-state index in [9.17, 15) is 8.42 Å². The molecule has 0 saturated carbocycles. The molecule has 2 aromatic carbocycles. The monoisotopic (exact) mass is 375 g/mol. The van der Waals surface area contributed by atoms with Crippen molar-refractivity contribution in [1.29, 1.82) is 0 Å². The molecule has 0 saturated heterocycles. The van der Waals surface area contributed by atoms with Crippen LogP contribution in [0.1, 0.15) is 23.6 Å². The number of hydrogen-bond acceptors (Lipinski definition) is 5. The van der Waals surface area contributed by atoms with Gasteiger partial charge in [0.25, 0.3) is 0 Å². The molecule has 2 aliphatic rings. The molecule has 4 rings (SSSR count). The van der Waals surface area contributed by atoms with Crippen molar-refractivity contribution in [2.45, 2.75) is 31.2 Å². The zero-order valence-corrected chi connectivity index (χ0v) is 15.4. The average molecular weight is 375 g/mol. The van der Waals surface area contributed by atoms with Gasteiger partial charge in [-0.1, -0.05) is 0 Å². The van der Waals surface area contributed by atoms with Gasteiger partial charge in [-0.05, 0) is 37.3 Å². The Hall–Kier alpha value is -2.25. The molecule has 2 heterocycles. The molecular weight excluding hydrogens is 354 g/mol. The van der Waals surface area contributed by atoms with Crippen LogP contribution < -0.4 is 18.9 Å². The molecule has 0 fully saturated rings. The fourth-order valence-corrected chi connectivity index (χ4v) is 4.40. The number of ether oxygens (including phenoxy) is 3. The maximum absolute atomic E-state index is 12.7. The van der Waals surface area contributed by atoms with Crippen LogP contribution >= 0.6 is 0 Å². The summed E-state index contributed by atoms with van der Waals surface area (Å²) in [5, 5.41) is 0. The van der Waals surface area contributed by atoms with E-state index in [4.69, 9.17) is 14.2 Å². The summed E-state index contributed by atoms with van der Waals surface area (Å²) < 4.78 is 44.8. The zero-order chi connectivity index (χ0) is 18.1. The summed E-state index contributed by atoms with van der Waals surface area (Å²) in [5.74, 6) is 2.31. The van der Waals surface area contributed by atoms with E-state index in [2.05, 4.69) is 4.72 Å². The Bertz CT molecular complexity index is 890. The molecule has 0 unspecified atom stereocenters. The van der Waals surface area contributed by atoms with E-state index < -0.39 is 10.0 Å². The zero-order valence-electron chi connectivity index (χ0n) is 14.6. The molecule has 0 atom stereocenters. The number of fused-ring (bicyclic) bond motifs is 2. The smallest absolute Gasteiger partial charge is 0.240 e. The van der Waals surface area contributed by atoms with Crippen LogP contribution in [-0.4, -0.2) is 28.2 Å². The van der Waals surface area contributed by atoms with Gasteiger partial charge in [-0.2, -0.15) is 0 Å². The van der Waals surface area contributed by atoms with Gasteiger partial charge in [0.1, 0.15) is 17.2 Å². The second-order valence-electron chi connectivity index (χ2n) is 6.25. The molecule has 7 heteroatoms. The first-order valence-corrected chi connectivity index (χ1v) is 10.2. The van der Waals surface area contributed by atoms with Crippen LogP contribution in [0.4, 0.5) is 0 Å². The van der Waals surface area contributed by atoms with Crippen molar-refractivity contribution in [3.8, 4) is 17.2 Å². The summed E-state index contributed by atoms with van der Waals surface area (Å²) in [6.45, 7) is 3.85. The number of sulfonamides is 1. The molecule has 6 nitrogen and oxygen atoms in total. The Morgan fingerprint density at radius 1 is 1.12 bits per heavy atom. The van der Waals surface area contributed by atoms with Gasteiger partial charge in [-0.15, -0.1) is 0 Å². The van der Waals surface area contributed by atoms with E-state index in [1.54, 1.807) is 24.3 Å². The van der Waals surface area contributed by atoms with Crippen molar-refractivity contribution >= 4 is 10.0 Å². The molecule has 0 radical (unpaired) electrons. The molecule has 2 aromatic rings. The van der Waals surface area contributed by atoms with Gasteiger partial charge in [-0.25, -0.2) is 13.1 Å². The first-order valence-electron chi connectivity index (χ1n) is 8.74. The van der Waals surface area contributed by atoms with Gasteiger partial charge in [0.15, 0.2) is 0 Å². The third-order valence-corrected chi connectivity index (χ3v) is 6.06. The maximum Gasteiger partial charge on any atom is 0.240 e. The van der Waals surface area contributed by atoms with Gasteiger partial charge >= 0.3 is 0 Å². The Balaban J connectivity index is 1.57. The SMILES string of the molecule is CCOc1ccc(S(=O)(=O)NCc2c3c(cc4c2OCC4)OCC3)cc1. The first-order chi connectivity index (χ1) is 12.6. The summed E-state index contributed by atoms with van der Waals surface area (Å²) >= 11 is 0. The molecule has 0 aromatic heterocycles. The molecule has 26 heavy (non-hydrogen) atoms. The molecule has 2 aliphatic heterocycles. The largest absolute Gasteiger partial charge is 0.494 e. The summed E-state index contributed by atoms with van der Waals surface area (Å²) in [4.78, 5) is 0.211. The quantitative estimate of drug-likeness (QED) is 0.839. The minimum atomic E-state index is -3.63. The molecule has 0 bridgehead atoms. The van der Waals surface area contributed by atoms with Crippen LogP contribution in [0.3, 0.4) is 0 Å². The highest BCUT2D eigenvalue weighted by Gasteiger charge is 2.27. The Morgan fingerprint density at radius 3 is 2.65 bits per heavy atom. The highest BCUT2D eigenvalue weighted by atomic mass is 32.2. The van der Waals surface area contributed by atoms with Gasteiger partial charge in [0, 0.05) is 36.1 Å². The van der Waals surface area contributed by atoms with E-state index in [1.165, 1.54) is 0 Å². The second-order valence-corrected chi connectivity index (χ2v) is 8.01. The summed E-state index contributed by atoms with van der Waals surface area (Å²) in [7, 11) is -3.63. The number of hydrogen-bond donors (Lipinski definition) is 1. The molecule has 0 aliphatic carbocycles. The molecular formula is C19H21NO5S. The predicted molar refractivity (Wildman–Crippen MR) is 96.5 cm³/mol. The second kappa shape index (κ2) is 6.81. The van der Waals surface area contributed by atoms with Gasteiger partial charge < -0.3 is 14.2 Å². The summed E-state index contributed by atoms with van der Waals surface area (Å²) in [5.41, 5.74) is 3.02. The Morgan fingerprint density at radius 2 is 1.88 bits per heavy atom. The lowest BCUT2D eigenvalue weighted by atomic mass is 10.00. The van der Waals surface area contributed by atoms with Gasteiger partial charge in [-0.3, -0.25) is 0 Å². The van der Waals surface area contributed by atoms with Crippen molar-refractivity contribution in [3.63, 3.8) is 0 Å². The van der Waals surface area contributed by atoms with E-state index >= 15 is 0 Å². The lowest BCUT2D eigenvalue weighted by molar-refractivity contribution is 0.340. The van der Waals surface area contributed by atoms with E-state index in [0.717, 1.165) is 41.0 Å². The van der Waals surface area contributed by atoms with Gasteiger partial charge in [0.05, 0.1) is 24.7 Å². The minimum Gasteiger partial charge on any atom is -0.494 e. The van der Waals surface area contributed by atoms with Crippen LogP contribution in [-0.2, 0) is 29.4 Å². The molecule has 0 spiro atoms. The normalized spacial score (nSPS) is 15.1.